The number of primary amides is 1. The highest BCUT2D eigenvalue weighted by molar-refractivity contribution is 7.17. The SMILES string of the molecule is CCC.COc1cccc2c1CCC2.Cc1nnc(-c2c(CCc3ccc(F)cc3)nc3c(c2-c2ccc(C(N)=O)s2)C(=O)NC3)o1. The molecule has 47 heavy (non-hydrogen) atoms. The molecule has 2 amide bonds. The molecule has 9 nitrogen and oxygen atoms in total. The molecule has 0 bridgehead atoms. The Hall–Kier alpha value is -4.90. The summed E-state index contributed by atoms with van der Waals surface area (Å²) in [7, 11) is 1.74. The van der Waals surface area contributed by atoms with Gasteiger partial charge in [-0.1, -0.05) is 44.5 Å². The number of methoxy groups -OCH3 is 1. The number of aromatic nitrogens is 3. The summed E-state index contributed by atoms with van der Waals surface area (Å²) in [4.78, 5) is 30.3. The molecule has 0 saturated carbocycles. The first-order valence-electron chi connectivity index (χ1n) is 15.7. The minimum atomic E-state index is -0.548. The van der Waals surface area contributed by atoms with Crippen molar-refractivity contribution in [3.05, 3.63) is 105 Å². The fourth-order valence-electron chi connectivity index (χ4n) is 5.66. The molecule has 1 aliphatic carbocycles. The molecular weight excluding hydrogens is 617 g/mol. The van der Waals surface area contributed by atoms with Crippen LogP contribution in [0.25, 0.3) is 21.9 Å². The molecule has 0 atom stereocenters. The van der Waals surface area contributed by atoms with Gasteiger partial charge in [-0.15, -0.1) is 21.5 Å². The lowest BCUT2D eigenvalue weighted by atomic mass is 9.94. The highest BCUT2D eigenvalue weighted by Gasteiger charge is 2.32. The number of hydrogen-bond donors (Lipinski definition) is 2. The monoisotopic (exact) mass is 655 g/mol. The van der Waals surface area contributed by atoms with Crippen LogP contribution in [0.2, 0.25) is 0 Å². The van der Waals surface area contributed by atoms with Gasteiger partial charge in [0.1, 0.15) is 11.6 Å². The zero-order valence-corrected chi connectivity index (χ0v) is 27.8. The molecule has 11 heteroatoms. The molecule has 2 aliphatic rings. The van der Waals surface area contributed by atoms with Crippen molar-refractivity contribution in [1.29, 1.82) is 0 Å². The lowest BCUT2D eigenvalue weighted by molar-refractivity contribution is 0.0964. The largest absolute Gasteiger partial charge is 0.496 e. The Balaban J connectivity index is 0.000000257. The standard InChI is InChI=1S/C23H18FN5O3S.C10H12O.C3H8/c1-11-28-29-23(32-11)19-14(7-4-12-2-5-13(24)6-3-12)27-15-10-26-22(31)18(15)20(19)16-8-9-17(33-16)21(25)30;1-11-10-7-3-5-8-4-2-6-9(8)10;1-3-2/h2-3,5-6,8-9H,4,7,10H2,1H3,(H2,25,30)(H,26,31);3,5,7H,2,4,6H2,1H3;3H2,1-2H3. The van der Waals surface area contributed by atoms with E-state index in [4.69, 9.17) is 19.9 Å². The Bertz CT molecular complexity index is 1880. The van der Waals surface area contributed by atoms with Crippen LogP contribution in [0.3, 0.4) is 0 Å². The molecule has 0 spiro atoms. The highest BCUT2D eigenvalue weighted by atomic mass is 32.1. The van der Waals surface area contributed by atoms with Gasteiger partial charge in [0.15, 0.2) is 0 Å². The predicted octanol–water partition coefficient (Wildman–Crippen LogP) is 7.04. The van der Waals surface area contributed by atoms with Crippen molar-refractivity contribution >= 4 is 23.2 Å². The van der Waals surface area contributed by atoms with Crippen LogP contribution in [0.15, 0.2) is 59.0 Å². The van der Waals surface area contributed by atoms with Crippen LogP contribution in [-0.4, -0.2) is 34.1 Å². The van der Waals surface area contributed by atoms with E-state index in [1.165, 1.54) is 60.3 Å². The zero-order valence-electron chi connectivity index (χ0n) is 27.0. The topological polar surface area (TPSA) is 133 Å². The maximum absolute atomic E-state index is 13.3. The summed E-state index contributed by atoms with van der Waals surface area (Å²) in [5, 5.41) is 11.0. The van der Waals surface area contributed by atoms with Gasteiger partial charge in [0, 0.05) is 17.4 Å². The quantitative estimate of drug-likeness (QED) is 0.192. The van der Waals surface area contributed by atoms with Gasteiger partial charge in [0.05, 0.1) is 41.0 Å². The number of rotatable bonds is 7. The van der Waals surface area contributed by atoms with E-state index in [0.717, 1.165) is 11.3 Å². The minimum Gasteiger partial charge on any atom is -0.496 e. The van der Waals surface area contributed by atoms with Gasteiger partial charge in [0.2, 0.25) is 11.8 Å². The van der Waals surface area contributed by atoms with Crippen LogP contribution in [0.1, 0.15) is 80.7 Å². The van der Waals surface area contributed by atoms with Crippen molar-refractivity contribution in [2.75, 3.05) is 7.11 Å². The summed E-state index contributed by atoms with van der Waals surface area (Å²) in [6, 6.07) is 16.0. The molecule has 4 heterocycles. The number of nitrogens with zero attached hydrogens (tertiary/aromatic N) is 3. The van der Waals surface area contributed by atoms with E-state index in [-0.39, 0.29) is 17.6 Å². The Morgan fingerprint density at radius 1 is 1.02 bits per heavy atom. The van der Waals surface area contributed by atoms with Crippen LogP contribution in [0, 0.1) is 12.7 Å². The number of carbonyl (C=O) groups excluding carboxylic acids is 2. The lowest BCUT2D eigenvalue weighted by Crippen LogP contribution is -2.13. The minimum absolute atomic E-state index is 0.237. The van der Waals surface area contributed by atoms with Gasteiger partial charge in [-0.2, -0.15) is 0 Å². The van der Waals surface area contributed by atoms with Crippen molar-refractivity contribution in [3.63, 3.8) is 0 Å². The molecule has 0 saturated heterocycles. The van der Waals surface area contributed by atoms with Gasteiger partial charge in [-0.25, -0.2) is 4.39 Å². The fourth-order valence-corrected chi connectivity index (χ4v) is 6.58. The summed E-state index contributed by atoms with van der Waals surface area (Å²) in [6.45, 7) is 6.22. The number of nitrogens with two attached hydrogens (primary N) is 1. The van der Waals surface area contributed by atoms with Crippen molar-refractivity contribution in [2.45, 2.75) is 65.8 Å². The van der Waals surface area contributed by atoms with Gasteiger partial charge in [-0.3, -0.25) is 14.6 Å². The summed E-state index contributed by atoms with van der Waals surface area (Å²) < 4.78 is 24.3. The van der Waals surface area contributed by atoms with Crippen LogP contribution >= 0.6 is 11.3 Å². The number of fused-ring (bicyclic) bond motifs is 2. The van der Waals surface area contributed by atoms with Gasteiger partial charge in [0.25, 0.3) is 11.8 Å². The summed E-state index contributed by atoms with van der Waals surface area (Å²) in [5.74, 6) is 0.568. The van der Waals surface area contributed by atoms with Crippen molar-refractivity contribution in [2.24, 2.45) is 5.73 Å². The number of ether oxygens (including phenoxy) is 1. The molecule has 5 aromatic rings. The third-order valence-electron chi connectivity index (χ3n) is 7.71. The van der Waals surface area contributed by atoms with E-state index >= 15 is 0 Å². The number of aryl methyl sites for hydroxylation is 4. The first-order valence-corrected chi connectivity index (χ1v) is 16.5. The molecule has 1 aliphatic heterocycles. The number of nitrogens with one attached hydrogen (secondary N) is 1. The zero-order chi connectivity index (χ0) is 33.5. The number of halogens is 1. The molecule has 3 aromatic heterocycles. The number of hydrogen-bond acceptors (Lipinski definition) is 8. The summed E-state index contributed by atoms with van der Waals surface area (Å²) >= 11 is 1.19. The number of pyridine rings is 1. The van der Waals surface area contributed by atoms with Gasteiger partial charge >= 0.3 is 0 Å². The van der Waals surface area contributed by atoms with Crippen LogP contribution in [0.4, 0.5) is 4.39 Å². The number of benzene rings is 2. The molecule has 7 rings (SSSR count). The number of carbonyl (C=O) groups is 2. The lowest BCUT2D eigenvalue weighted by Gasteiger charge is -2.14. The molecule has 2 aromatic carbocycles. The van der Waals surface area contributed by atoms with Crippen LogP contribution < -0.4 is 15.8 Å². The second-order valence-corrected chi connectivity index (χ2v) is 12.3. The smallest absolute Gasteiger partial charge is 0.258 e. The average Bonchev–Trinajstić information content (AvgIpc) is 3.88. The van der Waals surface area contributed by atoms with E-state index in [9.17, 15) is 14.0 Å². The second-order valence-electron chi connectivity index (χ2n) is 11.3. The van der Waals surface area contributed by atoms with E-state index in [1.807, 2.05) is 6.07 Å². The van der Waals surface area contributed by atoms with E-state index in [2.05, 4.69) is 41.5 Å². The van der Waals surface area contributed by atoms with Gasteiger partial charge in [-0.05, 0) is 79.1 Å². The highest BCUT2D eigenvalue weighted by Crippen LogP contribution is 2.42. The molecular formula is C36H38FN5O4S. The van der Waals surface area contributed by atoms with E-state index in [1.54, 1.807) is 38.3 Å². The van der Waals surface area contributed by atoms with Crippen LogP contribution in [-0.2, 0) is 32.2 Å². The van der Waals surface area contributed by atoms with Gasteiger partial charge < -0.3 is 20.2 Å². The predicted molar refractivity (Wildman–Crippen MR) is 180 cm³/mol. The average molecular weight is 656 g/mol. The first-order chi connectivity index (χ1) is 22.7. The molecule has 3 N–H and O–H groups in total. The van der Waals surface area contributed by atoms with Crippen molar-refractivity contribution < 1.29 is 23.1 Å². The second kappa shape index (κ2) is 15.1. The normalized spacial score (nSPS) is 12.7. The van der Waals surface area contributed by atoms with Crippen molar-refractivity contribution in [3.8, 4) is 27.6 Å². The van der Waals surface area contributed by atoms with Crippen molar-refractivity contribution in [1.82, 2.24) is 20.5 Å². The number of thiophene rings is 1. The Kier molecular flexibility index (Phi) is 10.8. The number of amides is 2. The third kappa shape index (κ3) is 7.57. The summed E-state index contributed by atoms with van der Waals surface area (Å²) in [5.41, 5.74) is 12.1. The van der Waals surface area contributed by atoms with E-state index < -0.39 is 5.91 Å². The molecule has 244 valence electrons. The molecule has 0 unspecified atom stereocenters. The third-order valence-corrected chi connectivity index (χ3v) is 8.83. The first kappa shape index (κ1) is 33.5. The Labute approximate surface area is 277 Å². The Morgan fingerprint density at radius 2 is 1.79 bits per heavy atom. The molecule has 0 fully saturated rings. The Morgan fingerprint density at radius 3 is 2.45 bits per heavy atom. The fraction of sp³-hybridized carbons (Fsp3) is 0.306. The molecule has 0 radical (unpaired) electrons. The maximum atomic E-state index is 13.3. The maximum Gasteiger partial charge on any atom is 0.258 e. The van der Waals surface area contributed by atoms with E-state index in [0.29, 0.717) is 63.1 Å². The summed E-state index contributed by atoms with van der Waals surface area (Å²) in [6.07, 6.45) is 6.04. The van der Waals surface area contributed by atoms with Crippen LogP contribution in [0.5, 0.6) is 5.75 Å².